The predicted molar refractivity (Wildman–Crippen MR) is 85.2 cm³/mol. The zero-order valence-electron chi connectivity index (χ0n) is 9.94. The molecule has 0 N–H and O–H groups in total. The molecule has 0 aliphatic rings. The lowest BCUT2D eigenvalue weighted by atomic mass is 9.99. The molecule has 0 fully saturated rings. The molecular weight excluding hydrogens is 295 g/mol. The van der Waals surface area contributed by atoms with E-state index in [1.54, 1.807) is 11.3 Å². The quantitative estimate of drug-likeness (QED) is 0.514. The number of halogens is 2. The Balaban J connectivity index is 2.20. The SMILES string of the molecule is Clc1ccccc1-c1cscc1-c1ccccc1Cl. The maximum absolute atomic E-state index is 6.29. The van der Waals surface area contributed by atoms with Gasteiger partial charge in [0.15, 0.2) is 0 Å². The molecule has 94 valence electrons. The molecule has 0 nitrogen and oxygen atoms in total. The van der Waals surface area contributed by atoms with Crippen LogP contribution < -0.4 is 0 Å². The van der Waals surface area contributed by atoms with Gasteiger partial charge in [-0.1, -0.05) is 59.6 Å². The van der Waals surface area contributed by atoms with E-state index in [1.165, 1.54) is 0 Å². The molecular formula is C16H10Cl2S. The fourth-order valence-corrected chi connectivity index (χ4v) is 3.40. The third-order valence-corrected chi connectivity index (χ3v) is 4.39. The normalized spacial score (nSPS) is 10.6. The molecule has 0 spiro atoms. The van der Waals surface area contributed by atoms with Crippen LogP contribution in [0.25, 0.3) is 22.3 Å². The van der Waals surface area contributed by atoms with Gasteiger partial charge in [-0.3, -0.25) is 0 Å². The van der Waals surface area contributed by atoms with Crippen LogP contribution >= 0.6 is 34.5 Å². The summed E-state index contributed by atoms with van der Waals surface area (Å²) in [5.74, 6) is 0. The minimum atomic E-state index is 0.759. The summed E-state index contributed by atoms with van der Waals surface area (Å²) in [6.07, 6.45) is 0. The Morgan fingerprint density at radius 1 is 0.579 bits per heavy atom. The zero-order valence-corrected chi connectivity index (χ0v) is 12.3. The molecule has 3 aromatic rings. The van der Waals surface area contributed by atoms with Gasteiger partial charge in [0.2, 0.25) is 0 Å². The third kappa shape index (κ3) is 2.42. The summed E-state index contributed by atoms with van der Waals surface area (Å²) in [7, 11) is 0. The van der Waals surface area contributed by atoms with Crippen molar-refractivity contribution in [1.29, 1.82) is 0 Å². The maximum Gasteiger partial charge on any atom is 0.0484 e. The molecule has 0 amide bonds. The highest BCUT2D eigenvalue weighted by Gasteiger charge is 2.12. The molecule has 0 aliphatic heterocycles. The van der Waals surface area contributed by atoms with Gasteiger partial charge in [0, 0.05) is 32.3 Å². The van der Waals surface area contributed by atoms with E-state index in [0.717, 1.165) is 32.3 Å². The van der Waals surface area contributed by atoms with Gasteiger partial charge in [-0.15, -0.1) is 0 Å². The summed E-state index contributed by atoms with van der Waals surface area (Å²) in [4.78, 5) is 0. The van der Waals surface area contributed by atoms with E-state index in [4.69, 9.17) is 23.2 Å². The molecule has 0 atom stereocenters. The van der Waals surface area contributed by atoms with E-state index in [0.29, 0.717) is 0 Å². The number of hydrogen-bond donors (Lipinski definition) is 0. The van der Waals surface area contributed by atoms with Crippen molar-refractivity contribution in [2.75, 3.05) is 0 Å². The Bertz CT molecular complexity index is 656. The van der Waals surface area contributed by atoms with Crippen LogP contribution in [0.3, 0.4) is 0 Å². The highest BCUT2D eigenvalue weighted by atomic mass is 35.5. The third-order valence-electron chi connectivity index (χ3n) is 2.99. The molecule has 2 aromatic carbocycles. The summed E-state index contributed by atoms with van der Waals surface area (Å²) in [5, 5.41) is 5.74. The number of benzene rings is 2. The minimum Gasteiger partial charge on any atom is -0.151 e. The molecule has 3 heteroatoms. The van der Waals surface area contributed by atoms with Crippen molar-refractivity contribution in [3.8, 4) is 22.3 Å². The second kappa shape index (κ2) is 5.38. The molecule has 1 heterocycles. The number of rotatable bonds is 2. The Labute approximate surface area is 126 Å². The van der Waals surface area contributed by atoms with Gasteiger partial charge < -0.3 is 0 Å². The van der Waals surface area contributed by atoms with Gasteiger partial charge in [-0.25, -0.2) is 0 Å². The lowest BCUT2D eigenvalue weighted by Crippen LogP contribution is -1.82. The van der Waals surface area contributed by atoms with Gasteiger partial charge in [-0.05, 0) is 22.9 Å². The summed E-state index contributed by atoms with van der Waals surface area (Å²) in [6, 6.07) is 15.7. The molecule has 0 radical (unpaired) electrons. The Morgan fingerprint density at radius 3 is 1.42 bits per heavy atom. The van der Waals surface area contributed by atoms with E-state index in [-0.39, 0.29) is 0 Å². The monoisotopic (exact) mass is 304 g/mol. The first-order valence-electron chi connectivity index (χ1n) is 5.83. The first kappa shape index (κ1) is 12.7. The van der Waals surface area contributed by atoms with Crippen LogP contribution in [0.2, 0.25) is 10.0 Å². The largest absolute Gasteiger partial charge is 0.151 e. The lowest BCUT2D eigenvalue weighted by Gasteiger charge is -2.08. The van der Waals surface area contributed by atoms with Crippen molar-refractivity contribution in [1.82, 2.24) is 0 Å². The minimum absolute atomic E-state index is 0.759. The van der Waals surface area contributed by atoms with Crippen molar-refractivity contribution in [2.45, 2.75) is 0 Å². The van der Waals surface area contributed by atoms with E-state index in [9.17, 15) is 0 Å². The van der Waals surface area contributed by atoms with Gasteiger partial charge in [0.25, 0.3) is 0 Å². The first-order valence-corrected chi connectivity index (χ1v) is 7.53. The van der Waals surface area contributed by atoms with E-state index >= 15 is 0 Å². The fraction of sp³-hybridized carbons (Fsp3) is 0. The van der Waals surface area contributed by atoms with Gasteiger partial charge in [-0.2, -0.15) is 11.3 Å². The van der Waals surface area contributed by atoms with Crippen LogP contribution in [0, 0.1) is 0 Å². The van der Waals surface area contributed by atoms with Crippen LogP contribution in [0.1, 0.15) is 0 Å². The van der Waals surface area contributed by atoms with Gasteiger partial charge >= 0.3 is 0 Å². The zero-order chi connectivity index (χ0) is 13.2. The molecule has 1 aromatic heterocycles. The maximum atomic E-state index is 6.29. The average Bonchev–Trinajstić information content (AvgIpc) is 2.89. The van der Waals surface area contributed by atoms with Crippen LogP contribution in [-0.4, -0.2) is 0 Å². The van der Waals surface area contributed by atoms with Crippen LogP contribution in [0.4, 0.5) is 0 Å². The standard InChI is InChI=1S/C16H10Cl2S/c17-15-7-3-1-5-11(15)13-9-19-10-14(13)12-6-2-4-8-16(12)18/h1-10H. The topological polar surface area (TPSA) is 0 Å². The van der Waals surface area contributed by atoms with Gasteiger partial charge in [0.1, 0.15) is 0 Å². The molecule has 0 aliphatic carbocycles. The molecule has 0 saturated heterocycles. The van der Waals surface area contributed by atoms with Gasteiger partial charge in [0.05, 0.1) is 0 Å². The van der Waals surface area contributed by atoms with Crippen LogP contribution in [-0.2, 0) is 0 Å². The van der Waals surface area contributed by atoms with E-state index < -0.39 is 0 Å². The summed E-state index contributed by atoms with van der Waals surface area (Å²) in [6.45, 7) is 0. The second-order valence-electron chi connectivity index (χ2n) is 4.16. The summed E-state index contributed by atoms with van der Waals surface area (Å²) >= 11 is 14.2. The van der Waals surface area contributed by atoms with E-state index in [2.05, 4.69) is 10.8 Å². The predicted octanol–water partition coefficient (Wildman–Crippen LogP) is 6.39. The van der Waals surface area contributed by atoms with E-state index in [1.807, 2.05) is 48.5 Å². The van der Waals surface area contributed by atoms with Crippen LogP contribution in [0.5, 0.6) is 0 Å². The molecule has 0 saturated carbocycles. The smallest absolute Gasteiger partial charge is 0.0484 e. The Hall–Kier alpha value is -1.28. The first-order chi connectivity index (χ1) is 9.27. The highest BCUT2D eigenvalue weighted by Crippen LogP contribution is 2.40. The second-order valence-corrected chi connectivity index (χ2v) is 5.72. The molecule has 0 unspecified atom stereocenters. The number of hydrogen-bond acceptors (Lipinski definition) is 1. The average molecular weight is 305 g/mol. The van der Waals surface area contributed by atoms with Crippen LogP contribution in [0.15, 0.2) is 59.3 Å². The lowest BCUT2D eigenvalue weighted by molar-refractivity contribution is 1.63. The van der Waals surface area contributed by atoms with Crippen molar-refractivity contribution in [3.63, 3.8) is 0 Å². The summed E-state index contributed by atoms with van der Waals surface area (Å²) in [5.41, 5.74) is 4.34. The molecule has 19 heavy (non-hydrogen) atoms. The van der Waals surface area contributed by atoms with Crippen molar-refractivity contribution >= 4 is 34.5 Å². The van der Waals surface area contributed by atoms with Crippen molar-refractivity contribution in [2.24, 2.45) is 0 Å². The Kier molecular flexibility index (Phi) is 3.61. The number of thiophene rings is 1. The van der Waals surface area contributed by atoms with Crippen molar-refractivity contribution < 1.29 is 0 Å². The Morgan fingerprint density at radius 2 is 1.00 bits per heavy atom. The van der Waals surface area contributed by atoms with Crippen molar-refractivity contribution in [3.05, 3.63) is 69.3 Å². The molecule has 3 rings (SSSR count). The fourth-order valence-electron chi connectivity index (χ4n) is 2.07. The summed E-state index contributed by atoms with van der Waals surface area (Å²) < 4.78 is 0. The highest BCUT2D eigenvalue weighted by molar-refractivity contribution is 7.08. The molecule has 0 bridgehead atoms.